The summed E-state index contributed by atoms with van der Waals surface area (Å²) in [5.74, 6) is 2.87. The molecule has 1 N–H and O–H groups in total. The fourth-order valence-corrected chi connectivity index (χ4v) is 5.31. The maximum Gasteiger partial charge on any atom is 0.230 e. The zero-order valence-corrected chi connectivity index (χ0v) is 18.2. The van der Waals surface area contributed by atoms with Crippen molar-refractivity contribution in [2.45, 2.75) is 39.7 Å². The van der Waals surface area contributed by atoms with Gasteiger partial charge in [0.15, 0.2) is 11.5 Å². The molecule has 156 valence electrons. The molecule has 1 fully saturated rings. The van der Waals surface area contributed by atoms with Gasteiger partial charge in [0.2, 0.25) is 10.8 Å². The van der Waals surface area contributed by atoms with Crippen LogP contribution < -0.4 is 9.47 Å². The number of fused-ring (bicyclic) bond motifs is 1. The number of methoxy groups -OCH3 is 1. The third-order valence-electron chi connectivity index (χ3n) is 5.41. The van der Waals surface area contributed by atoms with E-state index >= 15 is 0 Å². The van der Waals surface area contributed by atoms with Crippen molar-refractivity contribution in [3.63, 3.8) is 0 Å². The lowest BCUT2D eigenvalue weighted by Gasteiger charge is -2.37. The van der Waals surface area contributed by atoms with Crippen LogP contribution in [0.15, 0.2) is 18.2 Å². The molecule has 29 heavy (non-hydrogen) atoms. The predicted molar refractivity (Wildman–Crippen MR) is 113 cm³/mol. The van der Waals surface area contributed by atoms with Crippen molar-refractivity contribution in [3.05, 3.63) is 34.5 Å². The predicted octanol–water partition coefficient (Wildman–Crippen LogP) is 4.03. The van der Waals surface area contributed by atoms with E-state index in [0.29, 0.717) is 29.1 Å². The van der Waals surface area contributed by atoms with Gasteiger partial charge in [-0.25, -0.2) is 4.98 Å². The molecular formula is C21H28N4O3S. The minimum Gasteiger partial charge on any atom is -0.493 e. The zero-order chi connectivity index (χ0) is 20.5. The number of hydrogen-bond donors (Lipinski definition) is 1. The maximum absolute atomic E-state index is 11.0. The SMILES string of the molecule is CCOc1ccc([C@@H](c2sc3nc(C)nn3c2O)N2CCC[C@H](C)C2)cc1OC. The number of hydrogen-bond acceptors (Lipinski definition) is 7. The van der Waals surface area contributed by atoms with Gasteiger partial charge in [-0.1, -0.05) is 24.3 Å². The molecular weight excluding hydrogens is 388 g/mol. The second kappa shape index (κ2) is 8.20. The van der Waals surface area contributed by atoms with Crippen molar-refractivity contribution in [2.75, 3.05) is 26.8 Å². The number of aromatic nitrogens is 3. The van der Waals surface area contributed by atoms with Gasteiger partial charge < -0.3 is 14.6 Å². The van der Waals surface area contributed by atoms with Gasteiger partial charge >= 0.3 is 0 Å². The third kappa shape index (κ3) is 3.79. The van der Waals surface area contributed by atoms with Gasteiger partial charge in [-0.2, -0.15) is 4.52 Å². The molecule has 0 unspecified atom stereocenters. The Bertz CT molecular complexity index is 999. The molecule has 4 rings (SSSR count). The van der Waals surface area contributed by atoms with Gasteiger partial charge in [0.1, 0.15) is 5.82 Å². The van der Waals surface area contributed by atoms with E-state index in [1.807, 2.05) is 26.0 Å². The third-order valence-corrected chi connectivity index (χ3v) is 6.48. The summed E-state index contributed by atoms with van der Waals surface area (Å²) in [5.41, 5.74) is 1.07. The fraction of sp³-hybridized carbons (Fsp3) is 0.524. The molecule has 0 aliphatic carbocycles. The van der Waals surface area contributed by atoms with Crippen molar-refractivity contribution >= 4 is 16.3 Å². The molecule has 0 bridgehead atoms. The van der Waals surface area contributed by atoms with E-state index in [2.05, 4.69) is 28.0 Å². The van der Waals surface area contributed by atoms with E-state index in [4.69, 9.17) is 9.47 Å². The van der Waals surface area contributed by atoms with E-state index in [1.54, 1.807) is 11.6 Å². The fourth-order valence-electron chi connectivity index (χ4n) is 4.14. The first-order valence-corrected chi connectivity index (χ1v) is 10.9. The van der Waals surface area contributed by atoms with Gasteiger partial charge in [-0.3, -0.25) is 4.90 Å². The molecule has 1 aromatic carbocycles. The van der Waals surface area contributed by atoms with Crippen LogP contribution in [0.2, 0.25) is 0 Å². The van der Waals surface area contributed by atoms with E-state index < -0.39 is 0 Å². The topological polar surface area (TPSA) is 72.1 Å². The van der Waals surface area contributed by atoms with E-state index in [1.165, 1.54) is 17.8 Å². The lowest BCUT2D eigenvalue weighted by molar-refractivity contribution is 0.149. The van der Waals surface area contributed by atoms with Crippen LogP contribution in [0.1, 0.15) is 49.0 Å². The number of likely N-dealkylation sites (tertiary alicyclic amines) is 1. The molecule has 0 radical (unpaired) electrons. The van der Waals surface area contributed by atoms with E-state index in [0.717, 1.165) is 35.7 Å². The van der Waals surface area contributed by atoms with E-state index in [-0.39, 0.29) is 11.9 Å². The van der Waals surface area contributed by atoms with Crippen molar-refractivity contribution in [1.29, 1.82) is 0 Å². The van der Waals surface area contributed by atoms with E-state index in [9.17, 15) is 5.11 Å². The number of thiazole rings is 1. The monoisotopic (exact) mass is 416 g/mol. The second-order valence-electron chi connectivity index (χ2n) is 7.63. The van der Waals surface area contributed by atoms with Gasteiger partial charge in [0, 0.05) is 6.54 Å². The molecule has 3 heterocycles. The number of benzene rings is 1. The highest BCUT2D eigenvalue weighted by molar-refractivity contribution is 7.17. The first kappa shape index (κ1) is 20.0. The second-order valence-corrected chi connectivity index (χ2v) is 8.64. The molecule has 1 aliphatic heterocycles. The van der Waals surface area contributed by atoms with Gasteiger partial charge in [0.25, 0.3) is 0 Å². The maximum atomic E-state index is 11.0. The van der Waals surface area contributed by atoms with Gasteiger partial charge in [-0.05, 0) is 56.8 Å². The van der Waals surface area contributed by atoms with Crippen LogP contribution >= 0.6 is 11.3 Å². The average Bonchev–Trinajstić information content (AvgIpc) is 3.21. The first-order valence-electron chi connectivity index (χ1n) is 10.1. The average molecular weight is 417 g/mol. The molecule has 0 spiro atoms. The van der Waals surface area contributed by atoms with Crippen LogP contribution in [0.3, 0.4) is 0 Å². The lowest BCUT2D eigenvalue weighted by Crippen LogP contribution is -2.37. The van der Waals surface area contributed by atoms with Gasteiger partial charge in [-0.15, -0.1) is 5.10 Å². The Morgan fingerprint density at radius 3 is 2.86 bits per heavy atom. The number of aromatic hydroxyl groups is 1. The highest BCUT2D eigenvalue weighted by atomic mass is 32.1. The van der Waals surface area contributed by atoms with Crippen LogP contribution in [-0.2, 0) is 0 Å². The Hall–Kier alpha value is -2.32. The van der Waals surface area contributed by atoms with Crippen LogP contribution in [-0.4, -0.2) is 51.4 Å². The molecule has 1 aliphatic rings. The highest BCUT2D eigenvalue weighted by Crippen LogP contribution is 2.43. The van der Waals surface area contributed by atoms with Crippen molar-refractivity contribution in [1.82, 2.24) is 19.5 Å². The summed E-state index contributed by atoms with van der Waals surface area (Å²) >= 11 is 1.50. The van der Waals surface area contributed by atoms with Crippen molar-refractivity contribution in [2.24, 2.45) is 5.92 Å². The van der Waals surface area contributed by atoms with Gasteiger partial charge in [0.05, 0.1) is 24.6 Å². The molecule has 0 saturated carbocycles. The van der Waals surface area contributed by atoms with Crippen LogP contribution in [0.4, 0.5) is 0 Å². The molecule has 2 atom stereocenters. The zero-order valence-electron chi connectivity index (χ0n) is 17.4. The largest absolute Gasteiger partial charge is 0.493 e. The van der Waals surface area contributed by atoms with Crippen LogP contribution in [0.5, 0.6) is 17.4 Å². The summed E-state index contributed by atoms with van der Waals surface area (Å²) in [6.07, 6.45) is 2.38. The Kier molecular flexibility index (Phi) is 5.65. The molecule has 1 saturated heterocycles. The summed E-state index contributed by atoms with van der Waals surface area (Å²) in [7, 11) is 1.66. The van der Waals surface area contributed by atoms with Crippen molar-refractivity contribution < 1.29 is 14.6 Å². The number of rotatable bonds is 6. The highest BCUT2D eigenvalue weighted by Gasteiger charge is 2.32. The quantitative estimate of drug-likeness (QED) is 0.654. The minimum atomic E-state index is -0.0869. The Balaban J connectivity index is 1.82. The molecule has 3 aromatic rings. The summed E-state index contributed by atoms with van der Waals surface area (Å²) in [4.78, 5) is 8.47. The summed E-state index contributed by atoms with van der Waals surface area (Å²) in [6, 6.07) is 5.96. The van der Waals surface area contributed by atoms with Crippen molar-refractivity contribution in [3.8, 4) is 17.4 Å². The number of piperidine rings is 1. The Morgan fingerprint density at radius 1 is 1.34 bits per heavy atom. The number of aryl methyl sites for hydroxylation is 1. The van der Waals surface area contributed by atoms with Crippen LogP contribution in [0.25, 0.3) is 4.96 Å². The Morgan fingerprint density at radius 2 is 2.17 bits per heavy atom. The number of ether oxygens (including phenoxy) is 2. The molecule has 2 aromatic heterocycles. The summed E-state index contributed by atoms with van der Waals surface area (Å²) < 4.78 is 12.8. The number of nitrogens with zero attached hydrogens (tertiary/aromatic N) is 4. The standard InChI is InChI=1S/C21H28N4O3S/c1-5-28-16-9-8-15(11-17(16)27-4)18(24-10-6-7-13(2)12-24)19-20(26)25-21(29-19)22-14(3)23-25/h8-9,11,13,18,26H,5-7,10,12H2,1-4H3/t13-,18-/m0/s1. The first-order chi connectivity index (χ1) is 14.0. The molecule has 8 heteroatoms. The Labute approximate surface area is 174 Å². The lowest BCUT2D eigenvalue weighted by atomic mass is 9.95. The smallest absolute Gasteiger partial charge is 0.230 e. The molecule has 7 nitrogen and oxygen atoms in total. The summed E-state index contributed by atoms with van der Waals surface area (Å²) in [5, 5.41) is 15.3. The van der Waals surface area contributed by atoms with Crippen LogP contribution in [0, 0.1) is 12.8 Å². The normalized spacial score (nSPS) is 18.8. The summed E-state index contributed by atoms with van der Waals surface area (Å²) in [6.45, 7) is 8.62. The molecule has 0 amide bonds. The minimum absolute atomic E-state index is 0.0869.